The van der Waals surface area contributed by atoms with Crippen molar-refractivity contribution in [3.8, 4) is 17.1 Å². The van der Waals surface area contributed by atoms with E-state index in [2.05, 4.69) is 15.2 Å². The molecule has 0 spiro atoms. The summed E-state index contributed by atoms with van der Waals surface area (Å²) in [6.07, 6.45) is 1.92. The van der Waals surface area contributed by atoms with Crippen molar-refractivity contribution in [2.75, 3.05) is 13.4 Å². The molecule has 0 aliphatic heterocycles. The Labute approximate surface area is 102 Å². The lowest BCUT2D eigenvalue weighted by Gasteiger charge is -2.05. The molecule has 1 N–H and O–H groups in total. The molecule has 0 aliphatic rings. The number of halogens is 1. The second-order valence-electron chi connectivity index (χ2n) is 3.02. The number of nitrogens with one attached hydrogen (secondary N) is 1. The minimum atomic E-state index is 0.637. The molecule has 0 bridgehead atoms. The van der Waals surface area contributed by atoms with E-state index in [4.69, 9.17) is 16.3 Å². The SMILES string of the molecule is COc1ccc(Cl)cc1-c1nc(SC)n[nH]1. The van der Waals surface area contributed by atoms with Crippen LogP contribution in [0.3, 0.4) is 0 Å². The number of ether oxygens (including phenoxy) is 1. The maximum Gasteiger partial charge on any atom is 0.208 e. The molecule has 1 heterocycles. The van der Waals surface area contributed by atoms with Gasteiger partial charge in [-0.15, -0.1) is 5.10 Å². The van der Waals surface area contributed by atoms with E-state index in [1.807, 2.05) is 6.26 Å². The Balaban J connectivity index is 2.49. The second kappa shape index (κ2) is 4.76. The standard InChI is InChI=1S/C10H10ClN3OS/c1-15-8-4-3-6(11)5-7(8)9-12-10(16-2)14-13-9/h3-5H,1-2H3,(H,12,13,14). The minimum Gasteiger partial charge on any atom is -0.496 e. The van der Waals surface area contributed by atoms with Crippen LogP contribution in [-0.4, -0.2) is 28.5 Å². The van der Waals surface area contributed by atoms with Crippen LogP contribution in [0.25, 0.3) is 11.4 Å². The summed E-state index contributed by atoms with van der Waals surface area (Å²) < 4.78 is 5.24. The smallest absolute Gasteiger partial charge is 0.208 e. The van der Waals surface area contributed by atoms with Crippen molar-refractivity contribution >= 4 is 23.4 Å². The number of thioether (sulfide) groups is 1. The van der Waals surface area contributed by atoms with Gasteiger partial charge in [0.05, 0.1) is 12.7 Å². The Morgan fingerprint density at radius 2 is 2.25 bits per heavy atom. The van der Waals surface area contributed by atoms with Crippen LogP contribution >= 0.6 is 23.4 Å². The van der Waals surface area contributed by atoms with Gasteiger partial charge in [0.2, 0.25) is 5.16 Å². The molecule has 0 unspecified atom stereocenters. The lowest BCUT2D eigenvalue weighted by molar-refractivity contribution is 0.416. The highest BCUT2D eigenvalue weighted by molar-refractivity contribution is 7.98. The average molecular weight is 256 g/mol. The molecule has 2 rings (SSSR count). The first kappa shape index (κ1) is 11.3. The van der Waals surface area contributed by atoms with Gasteiger partial charge in [-0.3, -0.25) is 5.10 Å². The van der Waals surface area contributed by atoms with Gasteiger partial charge in [-0.25, -0.2) is 4.98 Å². The summed E-state index contributed by atoms with van der Waals surface area (Å²) in [6, 6.07) is 5.37. The lowest BCUT2D eigenvalue weighted by Crippen LogP contribution is -1.89. The third kappa shape index (κ3) is 2.15. The van der Waals surface area contributed by atoms with Crippen LogP contribution in [0.4, 0.5) is 0 Å². The number of methoxy groups -OCH3 is 1. The summed E-state index contributed by atoms with van der Waals surface area (Å²) in [6.45, 7) is 0. The fourth-order valence-corrected chi connectivity index (χ4v) is 1.82. The molecule has 84 valence electrons. The van der Waals surface area contributed by atoms with Crippen molar-refractivity contribution in [1.29, 1.82) is 0 Å². The van der Waals surface area contributed by atoms with Crippen LogP contribution in [0.5, 0.6) is 5.75 Å². The van der Waals surface area contributed by atoms with Gasteiger partial charge >= 0.3 is 0 Å². The molecule has 6 heteroatoms. The topological polar surface area (TPSA) is 50.8 Å². The van der Waals surface area contributed by atoms with Crippen LogP contribution < -0.4 is 4.74 Å². The van der Waals surface area contributed by atoms with E-state index in [0.29, 0.717) is 21.8 Å². The third-order valence-electron chi connectivity index (χ3n) is 2.06. The number of aromatic amines is 1. The van der Waals surface area contributed by atoms with Crippen LogP contribution in [0, 0.1) is 0 Å². The van der Waals surface area contributed by atoms with Crippen LogP contribution in [0.1, 0.15) is 0 Å². The molecule has 0 fully saturated rings. The first-order valence-corrected chi connectivity index (χ1v) is 6.15. The summed E-state index contributed by atoms with van der Waals surface area (Å²) in [5.41, 5.74) is 0.808. The van der Waals surface area contributed by atoms with Gasteiger partial charge in [-0.05, 0) is 24.5 Å². The molecule has 0 saturated carbocycles. The van der Waals surface area contributed by atoms with Crippen molar-refractivity contribution in [3.05, 3.63) is 23.2 Å². The Kier molecular flexibility index (Phi) is 3.36. The summed E-state index contributed by atoms with van der Waals surface area (Å²) >= 11 is 7.42. The molecular formula is C10H10ClN3OS. The maximum atomic E-state index is 5.94. The first-order valence-electron chi connectivity index (χ1n) is 4.55. The molecule has 0 amide bonds. The Morgan fingerprint density at radius 1 is 1.44 bits per heavy atom. The van der Waals surface area contributed by atoms with Gasteiger partial charge in [0, 0.05) is 5.02 Å². The van der Waals surface area contributed by atoms with Gasteiger partial charge < -0.3 is 4.74 Å². The van der Waals surface area contributed by atoms with Crippen LogP contribution in [-0.2, 0) is 0 Å². The molecule has 1 aromatic carbocycles. The summed E-state index contributed by atoms with van der Waals surface area (Å²) in [4.78, 5) is 4.31. The predicted molar refractivity (Wildman–Crippen MR) is 65.2 cm³/mol. The number of H-pyrrole nitrogens is 1. The van der Waals surface area contributed by atoms with E-state index >= 15 is 0 Å². The van der Waals surface area contributed by atoms with Crippen LogP contribution in [0.2, 0.25) is 5.02 Å². The molecule has 4 nitrogen and oxygen atoms in total. The van der Waals surface area contributed by atoms with Crippen molar-refractivity contribution in [1.82, 2.24) is 15.2 Å². The van der Waals surface area contributed by atoms with Gasteiger partial charge in [0.1, 0.15) is 5.75 Å². The molecular weight excluding hydrogens is 246 g/mol. The predicted octanol–water partition coefficient (Wildman–Crippen LogP) is 2.86. The largest absolute Gasteiger partial charge is 0.496 e. The quantitative estimate of drug-likeness (QED) is 0.857. The monoisotopic (exact) mass is 255 g/mol. The zero-order valence-corrected chi connectivity index (χ0v) is 10.4. The molecule has 16 heavy (non-hydrogen) atoms. The summed E-state index contributed by atoms with van der Waals surface area (Å²) in [5.74, 6) is 1.37. The lowest BCUT2D eigenvalue weighted by atomic mass is 10.2. The first-order chi connectivity index (χ1) is 7.74. The minimum absolute atomic E-state index is 0.637. The van der Waals surface area contributed by atoms with E-state index in [-0.39, 0.29) is 0 Å². The highest BCUT2D eigenvalue weighted by Gasteiger charge is 2.11. The van der Waals surface area contributed by atoms with Crippen molar-refractivity contribution < 1.29 is 4.74 Å². The number of hydrogen-bond donors (Lipinski definition) is 1. The van der Waals surface area contributed by atoms with E-state index in [0.717, 1.165) is 5.56 Å². The maximum absolute atomic E-state index is 5.94. The van der Waals surface area contributed by atoms with Crippen molar-refractivity contribution in [2.24, 2.45) is 0 Å². The van der Waals surface area contributed by atoms with Gasteiger partial charge in [0.25, 0.3) is 0 Å². The number of rotatable bonds is 3. The fourth-order valence-electron chi connectivity index (χ4n) is 1.32. The molecule has 0 radical (unpaired) electrons. The zero-order chi connectivity index (χ0) is 11.5. The zero-order valence-electron chi connectivity index (χ0n) is 8.82. The highest BCUT2D eigenvalue weighted by atomic mass is 35.5. The number of nitrogens with zero attached hydrogens (tertiary/aromatic N) is 2. The van der Waals surface area contributed by atoms with Crippen molar-refractivity contribution in [3.63, 3.8) is 0 Å². The number of hydrogen-bond acceptors (Lipinski definition) is 4. The number of benzene rings is 1. The highest BCUT2D eigenvalue weighted by Crippen LogP contribution is 2.30. The normalized spacial score (nSPS) is 10.4. The van der Waals surface area contributed by atoms with Gasteiger partial charge in [-0.1, -0.05) is 23.4 Å². The second-order valence-corrected chi connectivity index (χ2v) is 4.23. The Hall–Kier alpha value is -1.20. The molecule has 0 aliphatic carbocycles. The molecule has 1 aromatic heterocycles. The van der Waals surface area contributed by atoms with Crippen LogP contribution in [0.15, 0.2) is 23.4 Å². The van der Waals surface area contributed by atoms with E-state index in [9.17, 15) is 0 Å². The average Bonchev–Trinajstić information content (AvgIpc) is 2.77. The summed E-state index contributed by atoms with van der Waals surface area (Å²) in [7, 11) is 1.61. The molecule has 0 saturated heterocycles. The van der Waals surface area contributed by atoms with E-state index in [1.54, 1.807) is 25.3 Å². The van der Waals surface area contributed by atoms with Gasteiger partial charge in [-0.2, -0.15) is 0 Å². The number of aromatic nitrogens is 3. The Bertz CT molecular complexity index is 501. The van der Waals surface area contributed by atoms with Gasteiger partial charge in [0.15, 0.2) is 5.82 Å². The molecule has 2 aromatic rings. The van der Waals surface area contributed by atoms with Crippen molar-refractivity contribution in [2.45, 2.75) is 5.16 Å². The van der Waals surface area contributed by atoms with E-state index in [1.165, 1.54) is 11.8 Å². The summed E-state index contributed by atoms with van der Waals surface area (Å²) in [5, 5.41) is 8.23. The fraction of sp³-hybridized carbons (Fsp3) is 0.200. The molecule has 0 atom stereocenters. The Morgan fingerprint density at radius 3 is 2.88 bits per heavy atom. The van der Waals surface area contributed by atoms with E-state index < -0.39 is 0 Å². The third-order valence-corrected chi connectivity index (χ3v) is 2.85.